The van der Waals surface area contributed by atoms with Crippen molar-refractivity contribution in [3.63, 3.8) is 0 Å². The lowest BCUT2D eigenvalue weighted by atomic mass is 9.65. The van der Waals surface area contributed by atoms with Crippen LogP contribution in [0.5, 0.6) is 5.75 Å². The fraction of sp³-hybridized carbons (Fsp3) is 0.684. The summed E-state index contributed by atoms with van der Waals surface area (Å²) in [6.45, 7) is 9.35. The third-order valence-electron chi connectivity index (χ3n) is 4.91. The first-order valence-corrected chi connectivity index (χ1v) is 8.40. The van der Waals surface area contributed by atoms with Gasteiger partial charge in [0, 0.05) is 0 Å². The molecule has 21 heavy (non-hydrogen) atoms. The predicted molar refractivity (Wildman–Crippen MR) is 90.0 cm³/mol. The molecule has 1 aromatic rings. The van der Waals surface area contributed by atoms with Gasteiger partial charge in [-0.2, -0.15) is 0 Å². The van der Waals surface area contributed by atoms with E-state index in [0.29, 0.717) is 11.3 Å². The Morgan fingerprint density at radius 2 is 1.95 bits per heavy atom. The average Bonchev–Trinajstić information content (AvgIpc) is 2.48. The maximum atomic E-state index is 5.29. The zero-order chi connectivity index (χ0) is 15.3. The number of methoxy groups -OCH3 is 1. The third-order valence-corrected chi connectivity index (χ3v) is 4.91. The van der Waals surface area contributed by atoms with Gasteiger partial charge in [0.15, 0.2) is 0 Å². The van der Waals surface area contributed by atoms with Gasteiger partial charge in [-0.3, -0.25) is 0 Å². The molecule has 2 heteroatoms. The number of benzene rings is 1. The molecule has 2 rings (SSSR count). The van der Waals surface area contributed by atoms with E-state index in [9.17, 15) is 0 Å². The Hall–Kier alpha value is -1.02. The van der Waals surface area contributed by atoms with Crippen molar-refractivity contribution in [2.75, 3.05) is 20.2 Å². The maximum absolute atomic E-state index is 5.29. The lowest BCUT2D eigenvalue weighted by molar-refractivity contribution is 0.160. The van der Waals surface area contributed by atoms with Crippen LogP contribution in [-0.2, 0) is 0 Å². The molecule has 0 amide bonds. The molecule has 0 spiro atoms. The van der Waals surface area contributed by atoms with Crippen LogP contribution in [0.15, 0.2) is 24.3 Å². The first kappa shape index (κ1) is 16.4. The number of hydrogen-bond acceptors (Lipinski definition) is 2. The summed E-state index contributed by atoms with van der Waals surface area (Å²) in [5.74, 6) is 2.39. The van der Waals surface area contributed by atoms with Crippen LogP contribution < -0.4 is 10.1 Å². The van der Waals surface area contributed by atoms with Crippen molar-refractivity contribution in [1.29, 1.82) is 0 Å². The summed E-state index contributed by atoms with van der Waals surface area (Å²) in [6.07, 6.45) is 5.18. The zero-order valence-electron chi connectivity index (χ0n) is 14.1. The van der Waals surface area contributed by atoms with Gasteiger partial charge < -0.3 is 10.1 Å². The molecule has 118 valence electrons. The van der Waals surface area contributed by atoms with Crippen molar-refractivity contribution in [2.24, 2.45) is 11.3 Å². The Labute approximate surface area is 130 Å². The normalized spacial score (nSPS) is 24.8. The van der Waals surface area contributed by atoms with Crippen molar-refractivity contribution in [3.8, 4) is 5.75 Å². The second kappa shape index (κ2) is 7.31. The van der Waals surface area contributed by atoms with E-state index < -0.39 is 0 Å². The molecule has 0 heterocycles. The molecule has 0 saturated heterocycles. The molecule has 0 radical (unpaired) electrons. The van der Waals surface area contributed by atoms with Crippen LogP contribution in [0, 0.1) is 11.3 Å². The van der Waals surface area contributed by atoms with Gasteiger partial charge in [0.1, 0.15) is 5.75 Å². The minimum atomic E-state index is 0.464. The molecule has 1 aromatic carbocycles. The smallest absolute Gasteiger partial charge is 0.118 e. The molecule has 1 fully saturated rings. The highest BCUT2D eigenvalue weighted by molar-refractivity contribution is 5.30. The molecule has 0 bridgehead atoms. The van der Waals surface area contributed by atoms with E-state index in [2.05, 4.69) is 50.4 Å². The quantitative estimate of drug-likeness (QED) is 0.772. The fourth-order valence-electron chi connectivity index (χ4n) is 3.59. The lowest BCUT2D eigenvalue weighted by Gasteiger charge is -2.41. The van der Waals surface area contributed by atoms with E-state index in [-0.39, 0.29) is 0 Å². The summed E-state index contributed by atoms with van der Waals surface area (Å²) >= 11 is 0. The van der Waals surface area contributed by atoms with E-state index in [1.165, 1.54) is 31.2 Å². The second-order valence-corrected chi connectivity index (χ2v) is 7.25. The van der Waals surface area contributed by atoms with Crippen molar-refractivity contribution < 1.29 is 4.74 Å². The summed E-state index contributed by atoms with van der Waals surface area (Å²) in [5, 5.41) is 3.63. The van der Waals surface area contributed by atoms with Gasteiger partial charge in [0.2, 0.25) is 0 Å². The molecule has 2 unspecified atom stereocenters. The first-order chi connectivity index (χ1) is 10.1. The molecule has 2 atom stereocenters. The van der Waals surface area contributed by atoms with Gasteiger partial charge in [-0.25, -0.2) is 0 Å². The Morgan fingerprint density at radius 3 is 2.57 bits per heavy atom. The topological polar surface area (TPSA) is 21.3 Å². The number of hydrogen-bond donors (Lipinski definition) is 1. The van der Waals surface area contributed by atoms with Gasteiger partial charge in [-0.05, 0) is 73.7 Å². The molecule has 1 aliphatic rings. The number of rotatable bonds is 6. The van der Waals surface area contributed by atoms with Gasteiger partial charge in [-0.1, -0.05) is 32.9 Å². The summed E-state index contributed by atoms with van der Waals surface area (Å²) in [7, 11) is 1.73. The third kappa shape index (κ3) is 4.47. The maximum Gasteiger partial charge on any atom is 0.118 e. The molecule has 2 nitrogen and oxygen atoms in total. The van der Waals surface area contributed by atoms with E-state index in [0.717, 1.165) is 24.8 Å². The van der Waals surface area contributed by atoms with Gasteiger partial charge in [0.25, 0.3) is 0 Å². The molecular formula is C19H31NO. The summed E-state index contributed by atoms with van der Waals surface area (Å²) < 4.78 is 5.29. The highest BCUT2D eigenvalue weighted by Gasteiger charge is 2.35. The Bertz CT molecular complexity index is 424. The first-order valence-electron chi connectivity index (χ1n) is 8.40. The lowest BCUT2D eigenvalue weighted by Crippen LogP contribution is -2.35. The van der Waals surface area contributed by atoms with Crippen LogP contribution in [0.1, 0.15) is 57.9 Å². The van der Waals surface area contributed by atoms with Gasteiger partial charge >= 0.3 is 0 Å². The largest absolute Gasteiger partial charge is 0.497 e. The van der Waals surface area contributed by atoms with Crippen molar-refractivity contribution in [3.05, 3.63) is 29.8 Å². The fourth-order valence-corrected chi connectivity index (χ4v) is 3.59. The highest BCUT2D eigenvalue weighted by Crippen LogP contribution is 2.46. The predicted octanol–water partition coefficient (Wildman–Crippen LogP) is 4.60. The minimum Gasteiger partial charge on any atom is -0.497 e. The number of ether oxygens (including phenoxy) is 1. The van der Waals surface area contributed by atoms with Crippen molar-refractivity contribution in [1.82, 2.24) is 5.32 Å². The van der Waals surface area contributed by atoms with Crippen LogP contribution in [0.4, 0.5) is 0 Å². The van der Waals surface area contributed by atoms with Crippen LogP contribution >= 0.6 is 0 Å². The van der Waals surface area contributed by atoms with E-state index in [4.69, 9.17) is 4.74 Å². The summed E-state index contributed by atoms with van der Waals surface area (Å²) in [4.78, 5) is 0. The van der Waals surface area contributed by atoms with Crippen LogP contribution in [0.3, 0.4) is 0 Å². The molecule has 0 aliphatic heterocycles. The minimum absolute atomic E-state index is 0.464. The Morgan fingerprint density at radius 1 is 1.24 bits per heavy atom. The summed E-state index contributed by atoms with van der Waals surface area (Å²) in [5.41, 5.74) is 1.94. The van der Waals surface area contributed by atoms with Crippen LogP contribution in [-0.4, -0.2) is 20.2 Å². The van der Waals surface area contributed by atoms with Gasteiger partial charge in [0.05, 0.1) is 7.11 Å². The number of nitrogens with one attached hydrogen (secondary N) is 1. The zero-order valence-corrected chi connectivity index (χ0v) is 14.1. The molecule has 1 saturated carbocycles. The van der Waals surface area contributed by atoms with Crippen molar-refractivity contribution in [2.45, 2.75) is 52.4 Å². The second-order valence-electron chi connectivity index (χ2n) is 7.25. The van der Waals surface area contributed by atoms with Crippen molar-refractivity contribution >= 4 is 0 Å². The molecule has 1 N–H and O–H groups in total. The molecule has 0 aromatic heterocycles. The standard InChI is InChI=1S/C19H31NO/c1-5-12-20-14-16-10-11-19(2,3)13-18(16)15-6-8-17(21-4)9-7-15/h6-9,16,18,20H,5,10-14H2,1-4H3. The SMILES string of the molecule is CCCNCC1CCC(C)(C)CC1c1ccc(OC)cc1. The van der Waals surface area contributed by atoms with Gasteiger partial charge in [-0.15, -0.1) is 0 Å². The van der Waals surface area contributed by atoms with E-state index in [1.807, 2.05) is 0 Å². The molecule has 1 aliphatic carbocycles. The van der Waals surface area contributed by atoms with Crippen LogP contribution in [0.25, 0.3) is 0 Å². The van der Waals surface area contributed by atoms with E-state index in [1.54, 1.807) is 7.11 Å². The Kier molecular flexibility index (Phi) is 5.69. The molecular weight excluding hydrogens is 258 g/mol. The van der Waals surface area contributed by atoms with Crippen LogP contribution in [0.2, 0.25) is 0 Å². The van der Waals surface area contributed by atoms with E-state index >= 15 is 0 Å². The monoisotopic (exact) mass is 289 g/mol. The summed E-state index contributed by atoms with van der Waals surface area (Å²) in [6, 6.07) is 8.73. The average molecular weight is 289 g/mol. The highest BCUT2D eigenvalue weighted by atomic mass is 16.5. The Balaban J connectivity index is 2.11.